The topological polar surface area (TPSA) is 79.2 Å². The zero-order valence-electron chi connectivity index (χ0n) is 10.4. The van der Waals surface area contributed by atoms with Crippen LogP contribution in [-0.2, 0) is 14.4 Å². The standard InChI is InChI=1S/C11H13F3N2O4/c12-11(13,14)6-2-1-3-16(5-6)9(17)8-4-7(10(18)19)15-20-8/h6,8H,1-5H2,(H,18,19). The minimum atomic E-state index is -4.34. The summed E-state index contributed by atoms with van der Waals surface area (Å²) in [6, 6.07) is 0. The first-order valence-electron chi connectivity index (χ1n) is 6.10. The lowest BCUT2D eigenvalue weighted by molar-refractivity contribution is -0.189. The molecule has 1 amide bonds. The Morgan fingerprint density at radius 2 is 2.10 bits per heavy atom. The summed E-state index contributed by atoms with van der Waals surface area (Å²) in [5.41, 5.74) is -0.298. The molecule has 0 radical (unpaired) electrons. The van der Waals surface area contributed by atoms with Crippen molar-refractivity contribution < 1.29 is 32.7 Å². The third-order valence-electron chi connectivity index (χ3n) is 3.39. The Hall–Kier alpha value is -1.80. The number of carbonyl (C=O) groups excluding carboxylic acids is 1. The van der Waals surface area contributed by atoms with E-state index in [9.17, 15) is 22.8 Å². The molecule has 2 aliphatic rings. The minimum Gasteiger partial charge on any atom is -0.477 e. The van der Waals surface area contributed by atoms with Gasteiger partial charge in [-0.25, -0.2) is 4.79 Å². The molecule has 2 atom stereocenters. The van der Waals surface area contributed by atoms with Gasteiger partial charge >= 0.3 is 12.1 Å². The number of alkyl halides is 3. The average molecular weight is 294 g/mol. The van der Waals surface area contributed by atoms with Crippen molar-refractivity contribution in [1.29, 1.82) is 0 Å². The Morgan fingerprint density at radius 1 is 1.40 bits per heavy atom. The Bertz CT molecular complexity index is 449. The van der Waals surface area contributed by atoms with Gasteiger partial charge in [0.1, 0.15) is 0 Å². The molecule has 20 heavy (non-hydrogen) atoms. The molecule has 112 valence electrons. The number of hydrogen-bond donors (Lipinski definition) is 1. The first kappa shape index (κ1) is 14.6. The summed E-state index contributed by atoms with van der Waals surface area (Å²) < 4.78 is 38.0. The number of carbonyl (C=O) groups is 2. The van der Waals surface area contributed by atoms with Crippen LogP contribution in [0.5, 0.6) is 0 Å². The highest BCUT2D eigenvalue weighted by atomic mass is 19.4. The zero-order chi connectivity index (χ0) is 14.9. The van der Waals surface area contributed by atoms with Crippen molar-refractivity contribution in [2.45, 2.75) is 31.5 Å². The first-order chi connectivity index (χ1) is 9.29. The fourth-order valence-corrected chi connectivity index (χ4v) is 2.28. The minimum absolute atomic E-state index is 0.00429. The molecule has 0 bridgehead atoms. The van der Waals surface area contributed by atoms with E-state index in [1.165, 1.54) is 0 Å². The highest BCUT2D eigenvalue weighted by molar-refractivity contribution is 6.36. The molecule has 0 aromatic carbocycles. The number of halogens is 3. The van der Waals surface area contributed by atoms with Crippen LogP contribution in [0, 0.1) is 5.92 Å². The summed E-state index contributed by atoms with van der Waals surface area (Å²) in [5.74, 6) is -3.48. The molecule has 6 nitrogen and oxygen atoms in total. The third-order valence-corrected chi connectivity index (χ3v) is 3.39. The van der Waals surface area contributed by atoms with E-state index in [1.54, 1.807) is 0 Å². The van der Waals surface area contributed by atoms with Crippen LogP contribution in [0.25, 0.3) is 0 Å². The Balaban J connectivity index is 1.95. The van der Waals surface area contributed by atoms with E-state index in [1.807, 2.05) is 0 Å². The van der Waals surface area contributed by atoms with Crippen molar-refractivity contribution in [2.24, 2.45) is 11.1 Å². The normalized spacial score (nSPS) is 26.9. The maximum Gasteiger partial charge on any atom is 0.393 e. The van der Waals surface area contributed by atoms with Gasteiger partial charge in [-0.1, -0.05) is 5.16 Å². The summed E-state index contributed by atoms with van der Waals surface area (Å²) in [6.07, 6.45) is -5.43. The summed E-state index contributed by atoms with van der Waals surface area (Å²) in [4.78, 5) is 28.4. The van der Waals surface area contributed by atoms with E-state index in [0.717, 1.165) is 4.90 Å². The van der Waals surface area contributed by atoms with E-state index < -0.39 is 36.6 Å². The second-order valence-corrected chi connectivity index (χ2v) is 4.81. The lowest BCUT2D eigenvalue weighted by Crippen LogP contribution is -2.48. The van der Waals surface area contributed by atoms with Crippen molar-refractivity contribution in [3.63, 3.8) is 0 Å². The van der Waals surface area contributed by atoms with E-state index in [2.05, 4.69) is 5.16 Å². The van der Waals surface area contributed by atoms with Gasteiger partial charge in [0, 0.05) is 19.5 Å². The summed E-state index contributed by atoms with van der Waals surface area (Å²) >= 11 is 0. The van der Waals surface area contributed by atoms with Crippen molar-refractivity contribution >= 4 is 17.6 Å². The van der Waals surface area contributed by atoms with Crippen LogP contribution < -0.4 is 0 Å². The van der Waals surface area contributed by atoms with Crippen LogP contribution in [0.3, 0.4) is 0 Å². The van der Waals surface area contributed by atoms with Crippen molar-refractivity contribution in [1.82, 2.24) is 4.90 Å². The van der Waals surface area contributed by atoms with E-state index in [0.29, 0.717) is 0 Å². The molecule has 1 fully saturated rings. The summed E-state index contributed by atoms with van der Waals surface area (Å²) in [5, 5.41) is 11.9. The number of likely N-dealkylation sites (tertiary alicyclic amines) is 1. The van der Waals surface area contributed by atoms with Crippen LogP contribution in [0.2, 0.25) is 0 Å². The highest BCUT2D eigenvalue weighted by Crippen LogP contribution is 2.33. The number of carboxylic acids is 1. The number of hydrogen-bond acceptors (Lipinski definition) is 4. The fourth-order valence-electron chi connectivity index (χ4n) is 2.28. The van der Waals surface area contributed by atoms with Gasteiger partial charge < -0.3 is 14.8 Å². The van der Waals surface area contributed by atoms with Crippen LogP contribution in [0.1, 0.15) is 19.3 Å². The molecule has 0 spiro atoms. The molecule has 0 aliphatic carbocycles. The van der Waals surface area contributed by atoms with Crippen molar-refractivity contribution in [2.75, 3.05) is 13.1 Å². The molecule has 2 aliphatic heterocycles. The van der Waals surface area contributed by atoms with Gasteiger partial charge in [0.25, 0.3) is 5.91 Å². The SMILES string of the molecule is O=C(O)C1=NOC(C(=O)N2CCCC(C(F)(F)F)C2)C1. The van der Waals surface area contributed by atoms with Gasteiger partial charge in [-0.2, -0.15) is 13.2 Å². The predicted molar refractivity (Wildman–Crippen MR) is 59.9 cm³/mol. The maximum absolute atomic E-state index is 12.7. The number of piperidine rings is 1. The predicted octanol–water partition coefficient (Wildman–Crippen LogP) is 1.02. The molecular formula is C11H13F3N2O4. The molecule has 2 heterocycles. The fraction of sp³-hybridized carbons (Fsp3) is 0.727. The molecule has 2 rings (SSSR count). The molecule has 2 unspecified atom stereocenters. The van der Waals surface area contributed by atoms with Gasteiger partial charge in [0.15, 0.2) is 5.71 Å². The lowest BCUT2D eigenvalue weighted by atomic mass is 9.97. The van der Waals surface area contributed by atoms with Gasteiger partial charge in [-0.15, -0.1) is 0 Å². The monoisotopic (exact) mass is 294 g/mol. The Morgan fingerprint density at radius 3 is 2.65 bits per heavy atom. The van der Waals surface area contributed by atoms with Crippen LogP contribution >= 0.6 is 0 Å². The lowest BCUT2D eigenvalue weighted by Gasteiger charge is -2.34. The number of rotatable bonds is 2. The molecule has 1 saturated heterocycles. The number of aliphatic carboxylic acids is 1. The number of carboxylic acid groups (broad SMARTS) is 1. The third kappa shape index (κ3) is 3.02. The largest absolute Gasteiger partial charge is 0.477 e. The highest BCUT2D eigenvalue weighted by Gasteiger charge is 2.44. The maximum atomic E-state index is 12.7. The van der Waals surface area contributed by atoms with E-state index in [4.69, 9.17) is 9.94 Å². The zero-order valence-corrected chi connectivity index (χ0v) is 10.4. The smallest absolute Gasteiger partial charge is 0.393 e. The van der Waals surface area contributed by atoms with Crippen LogP contribution in [0.4, 0.5) is 13.2 Å². The summed E-state index contributed by atoms with van der Waals surface area (Å²) in [6.45, 7) is -0.196. The second kappa shape index (κ2) is 5.29. The van der Waals surface area contributed by atoms with E-state index >= 15 is 0 Å². The molecule has 1 N–H and O–H groups in total. The average Bonchev–Trinajstić information content (AvgIpc) is 2.87. The number of amides is 1. The van der Waals surface area contributed by atoms with Gasteiger partial charge in [-0.3, -0.25) is 4.79 Å². The van der Waals surface area contributed by atoms with Crippen molar-refractivity contribution in [3.05, 3.63) is 0 Å². The molecule has 0 saturated carbocycles. The van der Waals surface area contributed by atoms with E-state index in [-0.39, 0.29) is 31.5 Å². The number of oxime groups is 1. The first-order valence-corrected chi connectivity index (χ1v) is 6.10. The molecular weight excluding hydrogens is 281 g/mol. The van der Waals surface area contributed by atoms with Crippen LogP contribution in [-0.4, -0.2) is 53.0 Å². The quantitative estimate of drug-likeness (QED) is 0.824. The summed E-state index contributed by atoms with van der Waals surface area (Å²) in [7, 11) is 0. The molecule has 0 aromatic rings. The molecule has 0 aromatic heterocycles. The number of nitrogens with zero attached hydrogens (tertiary/aromatic N) is 2. The van der Waals surface area contributed by atoms with Crippen LogP contribution in [0.15, 0.2) is 5.16 Å². The van der Waals surface area contributed by atoms with Crippen molar-refractivity contribution in [3.8, 4) is 0 Å². The molecule has 9 heteroatoms. The Kier molecular flexibility index (Phi) is 3.87. The Labute approximate surface area is 112 Å². The second-order valence-electron chi connectivity index (χ2n) is 4.81. The van der Waals surface area contributed by atoms with Gasteiger partial charge in [0.2, 0.25) is 6.10 Å². The van der Waals surface area contributed by atoms with Gasteiger partial charge in [0.05, 0.1) is 5.92 Å². The van der Waals surface area contributed by atoms with Gasteiger partial charge in [-0.05, 0) is 12.8 Å².